The zero-order chi connectivity index (χ0) is 25.4. The number of ether oxygens (including phenoxy) is 1. The van der Waals surface area contributed by atoms with Gasteiger partial charge < -0.3 is 26.7 Å². The Kier molecular flexibility index (Phi) is 9.71. The minimum atomic E-state index is -0.665. The fourth-order valence-corrected chi connectivity index (χ4v) is 4.34. The van der Waals surface area contributed by atoms with Crippen molar-refractivity contribution in [3.05, 3.63) is 70.1 Å². The smallest absolute Gasteiger partial charge is 0.339 e. The number of aryl methyl sites for hydroxylation is 1. The van der Waals surface area contributed by atoms with E-state index in [-0.39, 0.29) is 35.1 Å². The SMILES string of the molecule is C=C(C(=O)OCC)/C(N)=C(\N=C(C)c1ccc(C#N)nc1N)c1c(C)ccc(NPI)c1C=N. The summed E-state index contributed by atoms with van der Waals surface area (Å²) in [5, 5.41) is 20.4. The average molecular weight is 589 g/mol. The number of pyridine rings is 1. The maximum atomic E-state index is 12.4. The maximum Gasteiger partial charge on any atom is 0.339 e. The van der Waals surface area contributed by atoms with E-state index in [1.54, 1.807) is 19.9 Å². The van der Waals surface area contributed by atoms with Crippen molar-refractivity contribution in [1.29, 1.82) is 10.7 Å². The Labute approximate surface area is 213 Å². The van der Waals surface area contributed by atoms with Crippen LogP contribution in [-0.4, -0.2) is 29.5 Å². The first-order valence-electron chi connectivity index (χ1n) is 10.0. The van der Waals surface area contributed by atoms with Crippen LogP contribution in [-0.2, 0) is 9.53 Å². The van der Waals surface area contributed by atoms with E-state index in [0.29, 0.717) is 28.8 Å². The Balaban J connectivity index is 2.87. The average Bonchev–Trinajstić information content (AvgIpc) is 2.82. The third kappa shape index (κ3) is 5.98. The molecule has 1 aromatic heterocycles. The number of anilines is 2. The van der Waals surface area contributed by atoms with E-state index in [2.05, 4.69) is 38.7 Å². The van der Waals surface area contributed by atoms with Crippen molar-refractivity contribution in [3.63, 3.8) is 0 Å². The number of nitrogens with one attached hydrogen (secondary N) is 2. The third-order valence-electron chi connectivity index (χ3n) is 4.83. The molecule has 1 aromatic carbocycles. The molecule has 0 fully saturated rings. The number of nitrogens with two attached hydrogens (primary N) is 2. The van der Waals surface area contributed by atoms with Gasteiger partial charge in [0.2, 0.25) is 0 Å². The van der Waals surface area contributed by atoms with Gasteiger partial charge in [0.15, 0.2) is 0 Å². The lowest BCUT2D eigenvalue weighted by Crippen LogP contribution is -2.16. The van der Waals surface area contributed by atoms with Crippen LogP contribution in [0.15, 0.2) is 47.1 Å². The Hall–Kier alpha value is -3.29. The number of nitrogens with zero attached hydrogens (tertiary/aromatic N) is 3. The Morgan fingerprint density at radius 3 is 2.71 bits per heavy atom. The van der Waals surface area contributed by atoms with Crippen LogP contribution < -0.4 is 16.6 Å². The van der Waals surface area contributed by atoms with Gasteiger partial charge in [0.25, 0.3) is 0 Å². The molecule has 2 rings (SSSR count). The molecule has 6 N–H and O–H groups in total. The van der Waals surface area contributed by atoms with Crippen molar-refractivity contribution in [2.75, 3.05) is 17.4 Å². The molecule has 11 heteroatoms. The number of hydrogen-bond donors (Lipinski definition) is 4. The molecule has 1 atom stereocenters. The topological polar surface area (TPSA) is 163 Å². The summed E-state index contributed by atoms with van der Waals surface area (Å²) in [6.07, 6.45) is 1.58. The molecular weight excluding hydrogens is 564 g/mol. The minimum absolute atomic E-state index is 0.0123. The van der Waals surface area contributed by atoms with E-state index in [9.17, 15) is 4.79 Å². The quantitative estimate of drug-likeness (QED) is 0.0838. The molecule has 0 saturated heterocycles. The van der Waals surface area contributed by atoms with Gasteiger partial charge in [-0.25, -0.2) is 9.78 Å². The fraction of sp³-hybridized carbons (Fsp3) is 0.174. The van der Waals surface area contributed by atoms with Crippen molar-refractivity contribution in [2.24, 2.45) is 10.7 Å². The number of hydrogen-bond acceptors (Lipinski definition) is 9. The second-order valence-electron chi connectivity index (χ2n) is 6.98. The van der Waals surface area contributed by atoms with Gasteiger partial charge in [0, 0.05) is 40.7 Å². The highest BCUT2D eigenvalue weighted by molar-refractivity contribution is 14.2. The van der Waals surface area contributed by atoms with E-state index in [0.717, 1.165) is 11.3 Å². The molecular formula is C23H25IN7O2P. The number of rotatable bonds is 9. The maximum absolute atomic E-state index is 12.4. The molecule has 0 aliphatic rings. The van der Waals surface area contributed by atoms with E-state index < -0.39 is 5.97 Å². The second-order valence-corrected chi connectivity index (χ2v) is 9.04. The number of nitriles is 1. The van der Waals surface area contributed by atoms with Crippen molar-refractivity contribution in [1.82, 2.24) is 4.98 Å². The van der Waals surface area contributed by atoms with Gasteiger partial charge in [-0.2, -0.15) is 5.26 Å². The van der Waals surface area contributed by atoms with Crippen LogP contribution in [0.4, 0.5) is 11.5 Å². The van der Waals surface area contributed by atoms with Crippen LogP contribution in [0.5, 0.6) is 0 Å². The van der Waals surface area contributed by atoms with Crippen molar-refractivity contribution in [2.45, 2.75) is 20.8 Å². The van der Waals surface area contributed by atoms with Crippen LogP contribution >= 0.6 is 28.4 Å². The van der Waals surface area contributed by atoms with Gasteiger partial charge in [-0.3, -0.25) is 4.99 Å². The van der Waals surface area contributed by atoms with Gasteiger partial charge in [0.1, 0.15) is 17.6 Å². The lowest BCUT2D eigenvalue weighted by molar-refractivity contribution is -0.138. The molecule has 0 aliphatic heterocycles. The number of carbonyl (C=O) groups is 1. The summed E-state index contributed by atoms with van der Waals surface area (Å²) >= 11 is 2.20. The number of esters is 1. The molecule has 34 heavy (non-hydrogen) atoms. The van der Waals surface area contributed by atoms with E-state index in [1.807, 2.05) is 25.1 Å². The number of carbonyl (C=O) groups excluding carboxylic acids is 1. The van der Waals surface area contributed by atoms with Crippen LogP contribution in [0.2, 0.25) is 0 Å². The van der Waals surface area contributed by atoms with Gasteiger partial charge in [-0.1, -0.05) is 12.6 Å². The molecule has 0 spiro atoms. The van der Waals surface area contributed by atoms with Gasteiger partial charge in [0.05, 0.1) is 23.6 Å². The summed E-state index contributed by atoms with van der Waals surface area (Å²) in [6.45, 7) is 9.24. The molecule has 0 radical (unpaired) electrons. The van der Waals surface area contributed by atoms with Crippen LogP contribution in [0.3, 0.4) is 0 Å². The number of halogens is 1. The summed E-state index contributed by atoms with van der Waals surface area (Å²) in [5.74, 6) is -0.532. The lowest BCUT2D eigenvalue weighted by atomic mass is 9.95. The van der Waals surface area contributed by atoms with E-state index in [1.165, 1.54) is 12.3 Å². The Morgan fingerprint density at radius 2 is 2.15 bits per heavy atom. The van der Waals surface area contributed by atoms with Crippen molar-refractivity contribution in [3.8, 4) is 6.07 Å². The predicted octanol–water partition coefficient (Wildman–Crippen LogP) is 4.45. The van der Waals surface area contributed by atoms with Gasteiger partial charge >= 0.3 is 5.97 Å². The first-order valence-corrected chi connectivity index (χ1v) is 14.2. The zero-order valence-electron chi connectivity index (χ0n) is 19.0. The molecule has 0 aliphatic carbocycles. The number of aliphatic imine (C=N–C) groups is 1. The first kappa shape index (κ1) is 27.0. The normalized spacial score (nSPS) is 12.1. The van der Waals surface area contributed by atoms with Crippen LogP contribution in [0, 0.1) is 23.7 Å². The monoisotopic (exact) mass is 589 g/mol. The van der Waals surface area contributed by atoms with E-state index >= 15 is 0 Å². The van der Waals surface area contributed by atoms with Crippen LogP contribution in [0.25, 0.3) is 5.70 Å². The molecule has 0 bridgehead atoms. The second kappa shape index (κ2) is 12.3. The molecule has 2 aromatic rings. The summed E-state index contributed by atoms with van der Waals surface area (Å²) in [7, 11) is 0. The molecule has 0 saturated carbocycles. The fourth-order valence-electron chi connectivity index (χ4n) is 3.15. The Morgan fingerprint density at radius 1 is 1.44 bits per heavy atom. The summed E-state index contributed by atoms with van der Waals surface area (Å²) < 4.78 is 5.08. The molecule has 1 heterocycles. The van der Waals surface area contributed by atoms with Gasteiger partial charge in [-0.15, -0.1) is 0 Å². The van der Waals surface area contributed by atoms with Crippen LogP contribution in [0.1, 0.15) is 41.8 Å². The number of benzene rings is 1. The first-order chi connectivity index (χ1) is 16.2. The Bertz CT molecular complexity index is 1250. The minimum Gasteiger partial charge on any atom is -0.462 e. The standard InChI is InChI=1S/C23H25IN7O2P/c1-5-33-23(32)13(3)20(27)21(19-12(2)6-9-18(31-34-24)17(19)11-26)29-14(4)16-8-7-15(10-25)30-22(16)28/h6-9,11,26,31,34H,3,5,27H2,1-2,4H3,(H2,28,30)/b21-20+,26-11?,29-14?. The summed E-state index contributed by atoms with van der Waals surface area (Å²) in [4.78, 5) is 21.2. The highest BCUT2D eigenvalue weighted by atomic mass is 127. The molecule has 1 unspecified atom stereocenters. The molecule has 9 nitrogen and oxygen atoms in total. The van der Waals surface area contributed by atoms with Crippen molar-refractivity contribution >= 4 is 63.5 Å². The molecule has 176 valence electrons. The lowest BCUT2D eigenvalue weighted by Gasteiger charge is -2.18. The highest BCUT2D eigenvalue weighted by Gasteiger charge is 2.22. The number of aromatic nitrogens is 1. The van der Waals surface area contributed by atoms with Crippen molar-refractivity contribution < 1.29 is 9.53 Å². The van der Waals surface area contributed by atoms with E-state index in [4.69, 9.17) is 31.9 Å². The summed E-state index contributed by atoms with van der Waals surface area (Å²) in [6, 6.07) is 8.88. The highest BCUT2D eigenvalue weighted by Crippen LogP contribution is 2.35. The molecule has 0 amide bonds. The largest absolute Gasteiger partial charge is 0.462 e. The number of nitrogen functional groups attached to an aromatic ring is 1. The predicted molar refractivity (Wildman–Crippen MR) is 147 cm³/mol. The third-order valence-corrected chi connectivity index (χ3v) is 6.00. The summed E-state index contributed by atoms with van der Waals surface area (Å²) in [5.41, 5.74) is 16.5. The zero-order valence-corrected chi connectivity index (χ0v) is 22.1. The van der Waals surface area contributed by atoms with Gasteiger partial charge in [-0.05, 0) is 66.6 Å².